The number of nitrogens with zero attached hydrogens (tertiary/aromatic N) is 1. The first kappa shape index (κ1) is 15.1. The van der Waals surface area contributed by atoms with Crippen molar-refractivity contribution in [3.8, 4) is 5.69 Å². The quantitative estimate of drug-likeness (QED) is 0.789. The van der Waals surface area contributed by atoms with Crippen LogP contribution in [0.1, 0.15) is 5.69 Å². The zero-order valence-electron chi connectivity index (χ0n) is 9.46. The molecule has 2 rings (SSSR count). The molecule has 0 aliphatic carbocycles. The fourth-order valence-electron chi connectivity index (χ4n) is 1.54. The zero-order chi connectivity index (χ0) is 15.1. The van der Waals surface area contributed by atoms with E-state index in [-0.39, 0.29) is 10.7 Å². The molecule has 20 heavy (non-hydrogen) atoms. The lowest BCUT2D eigenvalue weighted by Gasteiger charge is -2.11. The Labute approximate surface area is 125 Å². The maximum atomic E-state index is 12.5. The van der Waals surface area contributed by atoms with Gasteiger partial charge >= 0.3 is 6.18 Å². The average Bonchev–Trinajstić information content (AvgIpc) is 2.29. The van der Waals surface area contributed by atoms with E-state index < -0.39 is 22.2 Å². The van der Waals surface area contributed by atoms with E-state index in [1.807, 2.05) is 4.98 Å². The minimum absolute atomic E-state index is 0.0962. The van der Waals surface area contributed by atoms with Gasteiger partial charge in [-0.2, -0.15) is 13.2 Å². The third-order valence-electron chi connectivity index (χ3n) is 2.39. The molecule has 3 nitrogen and oxygen atoms in total. The first-order valence-corrected chi connectivity index (χ1v) is 6.25. The van der Waals surface area contributed by atoms with Crippen molar-refractivity contribution in [2.24, 2.45) is 0 Å². The van der Waals surface area contributed by atoms with E-state index in [9.17, 15) is 18.0 Å². The van der Waals surface area contributed by atoms with Gasteiger partial charge in [0.25, 0.3) is 5.56 Å². The number of halogens is 5. The topological polar surface area (TPSA) is 37.8 Å². The lowest BCUT2D eigenvalue weighted by Crippen LogP contribution is -2.23. The van der Waals surface area contributed by atoms with Crippen LogP contribution in [0.15, 0.2) is 29.1 Å². The molecule has 0 fully saturated rings. The fourth-order valence-corrected chi connectivity index (χ4v) is 2.33. The highest BCUT2D eigenvalue weighted by Gasteiger charge is 2.32. The molecule has 106 valence electrons. The van der Waals surface area contributed by atoms with Gasteiger partial charge in [-0.3, -0.25) is 9.36 Å². The van der Waals surface area contributed by atoms with E-state index in [0.29, 0.717) is 11.1 Å². The Bertz CT molecular complexity index is 751. The molecule has 1 N–H and O–H groups in total. The molecule has 0 bridgehead atoms. The van der Waals surface area contributed by atoms with Crippen LogP contribution in [-0.2, 0) is 6.18 Å². The highest BCUT2D eigenvalue weighted by atomic mass is 35.5. The van der Waals surface area contributed by atoms with Gasteiger partial charge < -0.3 is 4.98 Å². The SMILES string of the molecule is O=c1cc(C(F)(F)F)[nH]c(=S)n1-c1ccc(Cl)cc1Cl. The minimum Gasteiger partial charge on any atom is -0.328 e. The van der Waals surface area contributed by atoms with E-state index in [1.54, 1.807) is 0 Å². The predicted octanol–water partition coefficient (Wildman–Crippen LogP) is 4.22. The first-order chi connectivity index (χ1) is 9.20. The Morgan fingerprint density at radius 3 is 2.35 bits per heavy atom. The van der Waals surface area contributed by atoms with E-state index in [2.05, 4.69) is 0 Å². The Morgan fingerprint density at radius 2 is 1.85 bits per heavy atom. The van der Waals surface area contributed by atoms with Crippen LogP contribution in [0.2, 0.25) is 10.0 Å². The summed E-state index contributed by atoms with van der Waals surface area (Å²) in [6.45, 7) is 0. The number of benzene rings is 1. The molecule has 2 aromatic rings. The molecule has 0 aliphatic heterocycles. The van der Waals surface area contributed by atoms with Gasteiger partial charge in [0.05, 0.1) is 10.7 Å². The van der Waals surface area contributed by atoms with Crippen molar-refractivity contribution < 1.29 is 13.2 Å². The van der Waals surface area contributed by atoms with Crippen molar-refractivity contribution in [2.75, 3.05) is 0 Å². The fraction of sp³-hybridized carbons (Fsp3) is 0.0909. The van der Waals surface area contributed by atoms with Gasteiger partial charge in [-0.15, -0.1) is 0 Å². The summed E-state index contributed by atoms with van der Waals surface area (Å²) >= 11 is 16.4. The first-order valence-electron chi connectivity index (χ1n) is 5.09. The van der Waals surface area contributed by atoms with Crippen molar-refractivity contribution in [3.05, 3.63) is 55.1 Å². The number of hydrogen-bond acceptors (Lipinski definition) is 2. The van der Waals surface area contributed by atoms with E-state index in [0.717, 1.165) is 4.57 Å². The average molecular weight is 341 g/mol. The maximum absolute atomic E-state index is 12.5. The molecule has 0 amide bonds. The number of aromatic amines is 1. The second-order valence-electron chi connectivity index (χ2n) is 3.76. The molecule has 0 saturated carbocycles. The zero-order valence-corrected chi connectivity index (χ0v) is 11.8. The second-order valence-corrected chi connectivity index (χ2v) is 4.99. The minimum atomic E-state index is -4.68. The molecule has 0 saturated heterocycles. The summed E-state index contributed by atoms with van der Waals surface area (Å²) in [6, 6.07) is 4.61. The number of hydrogen-bond donors (Lipinski definition) is 1. The third kappa shape index (κ3) is 2.89. The second kappa shape index (κ2) is 5.23. The standard InChI is InChI=1S/C11H5Cl2F3N2OS/c12-5-1-2-7(6(13)3-5)18-9(19)4-8(11(14,15)16)17-10(18)20/h1-4H,(H,17,20). The lowest BCUT2D eigenvalue weighted by molar-refractivity contribution is -0.141. The molecule has 0 atom stereocenters. The molecule has 0 spiro atoms. The van der Waals surface area contributed by atoms with Crippen LogP contribution in [0.5, 0.6) is 0 Å². The van der Waals surface area contributed by atoms with Gasteiger partial charge in [0, 0.05) is 11.1 Å². The summed E-state index contributed by atoms with van der Waals surface area (Å²) in [5.74, 6) is 0. The molecule has 9 heteroatoms. The van der Waals surface area contributed by atoms with Crippen LogP contribution < -0.4 is 5.56 Å². The van der Waals surface area contributed by atoms with Crippen LogP contribution in [-0.4, -0.2) is 9.55 Å². The van der Waals surface area contributed by atoms with Gasteiger partial charge in [-0.25, -0.2) is 0 Å². The molecular formula is C11H5Cl2F3N2OS. The summed E-state index contributed by atoms with van der Waals surface area (Å²) in [5.41, 5.74) is -2.00. The van der Waals surface area contributed by atoms with E-state index >= 15 is 0 Å². The highest BCUT2D eigenvalue weighted by Crippen LogP contribution is 2.27. The molecule has 1 aromatic heterocycles. The van der Waals surface area contributed by atoms with Crippen LogP contribution in [0.3, 0.4) is 0 Å². The van der Waals surface area contributed by atoms with Gasteiger partial charge in [0.1, 0.15) is 5.69 Å². The lowest BCUT2D eigenvalue weighted by atomic mass is 10.3. The summed E-state index contributed by atoms with van der Waals surface area (Å²) in [7, 11) is 0. The van der Waals surface area contributed by atoms with E-state index in [4.69, 9.17) is 35.4 Å². The molecule has 0 unspecified atom stereocenters. The van der Waals surface area contributed by atoms with Crippen LogP contribution in [0.25, 0.3) is 5.69 Å². The van der Waals surface area contributed by atoms with Crippen LogP contribution in [0, 0.1) is 4.77 Å². The van der Waals surface area contributed by atoms with Crippen LogP contribution >= 0.6 is 35.4 Å². The van der Waals surface area contributed by atoms with Crippen molar-refractivity contribution in [2.45, 2.75) is 6.18 Å². The van der Waals surface area contributed by atoms with Gasteiger partial charge in [-0.05, 0) is 30.4 Å². The molecule has 0 aliphatic rings. The molecular weight excluding hydrogens is 336 g/mol. The molecule has 1 aromatic carbocycles. The maximum Gasteiger partial charge on any atom is 0.431 e. The number of H-pyrrole nitrogens is 1. The number of rotatable bonds is 1. The number of nitrogens with one attached hydrogen (secondary N) is 1. The normalized spacial score (nSPS) is 11.7. The van der Waals surface area contributed by atoms with Crippen molar-refractivity contribution in [3.63, 3.8) is 0 Å². The van der Waals surface area contributed by atoms with Crippen LogP contribution in [0.4, 0.5) is 13.2 Å². The Morgan fingerprint density at radius 1 is 1.20 bits per heavy atom. The Kier molecular flexibility index (Phi) is 3.95. The van der Waals surface area contributed by atoms with Crippen molar-refractivity contribution in [1.82, 2.24) is 9.55 Å². The van der Waals surface area contributed by atoms with Crippen molar-refractivity contribution in [1.29, 1.82) is 0 Å². The monoisotopic (exact) mass is 340 g/mol. The third-order valence-corrected chi connectivity index (χ3v) is 3.21. The highest BCUT2D eigenvalue weighted by molar-refractivity contribution is 7.71. The Hall–Kier alpha value is -1.31. The summed E-state index contributed by atoms with van der Waals surface area (Å²) in [4.78, 5) is 13.8. The summed E-state index contributed by atoms with van der Waals surface area (Å²) < 4.78 is 38.1. The summed E-state index contributed by atoms with van der Waals surface area (Å²) in [5, 5.41) is 0.424. The van der Waals surface area contributed by atoms with Gasteiger partial charge in [-0.1, -0.05) is 23.2 Å². The largest absolute Gasteiger partial charge is 0.431 e. The Balaban J connectivity index is 2.71. The van der Waals surface area contributed by atoms with Crippen molar-refractivity contribution >= 4 is 35.4 Å². The number of aromatic nitrogens is 2. The summed E-state index contributed by atoms with van der Waals surface area (Å²) in [6.07, 6.45) is -4.68. The smallest absolute Gasteiger partial charge is 0.328 e. The van der Waals surface area contributed by atoms with E-state index in [1.165, 1.54) is 18.2 Å². The molecule has 1 heterocycles. The van der Waals surface area contributed by atoms with Gasteiger partial charge in [0.2, 0.25) is 0 Å². The number of alkyl halides is 3. The van der Waals surface area contributed by atoms with Gasteiger partial charge in [0.15, 0.2) is 4.77 Å². The molecule has 0 radical (unpaired) electrons. The predicted molar refractivity (Wildman–Crippen MR) is 72.2 cm³/mol.